The third-order valence-electron chi connectivity index (χ3n) is 4.07. The number of carbonyl (C=O) groups is 3. The number of nitrogens with zero attached hydrogens (tertiary/aromatic N) is 1. The van der Waals surface area contributed by atoms with Gasteiger partial charge >= 0.3 is 5.97 Å². The van der Waals surface area contributed by atoms with Crippen molar-refractivity contribution in [2.45, 2.75) is 32.7 Å². The molecule has 0 radical (unpaired) electrons. The Bertz CT molecular complexity index is 780. The van der Waals surface area contributed by atoms with E-state index >= 15 is 0 Å². The number of rotatable bonds is 8. The van der Waals surface area contributed by atoms with E-state index < -0.39 is 5.97 Å². The number of carbonyl (C=O) groups excluding carboxylic acids is 3. The summed E-state index contributed by atoms with van der Waals surface area (Å²) >= 11 is 0. The first-order valence-corrected chi connectivity index (χ1v) is 8.61. The average molecular weight is 356 g/mol. The third kappa shape index (κ3) is 5.05. The number of Topliss-reactive ketones (excluding diaryl/α,β-unsaturated/α-hetero) is 1. The summed E-state index contributed by atoms with van der Waals surface area (Å²) in [5.41, 5.74) is 1.68. The minimum Gasteiger partial charge on any atom is -0.451 e. The lowest BCUT2D eigenvalue weighted by molar-refractivity contribution is -0.125. The molecule has 6 heteroatoms. The molecular formula is C20H24N2O4. The van der Waals surface area contributed by atoms with Crippen molar-refractivity contribution in [2.75, 3.05) is 6.61 Å². The number of ketones is 1. The fraction of sp³-hybridized carbons (Fsp3) is 0.350. The normalized spacial score (nSPS) is 11.7. The second-order valence-corrected chi connectivity index (χ2v) is 6.18. The second kappa shape index (κ2) is 8.99. The van der Waals surface area contributed by atoms with Gasteiger partial charge in [0.25, 0.3) is 5.91 Å². The van der Waals surface area contributed by atoms with Gasteiger partial charge in [-0.1, -0.05) is 43.7 Å². The van der Waals surface area contributed by atoms with Crippen molar-refractivity contribution in [3.8, 4) is 0 Å². The highest BCUT2D eigenvalue weighted by molar-refractivity contribution is 5.98. The molecule has 138 valence electrons. The number of hydrogen-bond donors (Lipinski definition) is 1. The topological polar surface area (TPSA) is 77.4 Å². The Kier molecular flexibility index (Phi) is 6.72. The minimum atomic E-state index is -0.637. The maximum absolute atomic E-state index is 12.2. The van der Waals surface area contributed by atoms with Crippen molar-refractivity contribution in [2.24, 2.45) is 7.05 Å². The zero-order chi connectivity index (χ0) is 19.1. The Balaban J connectivity index is 1.95. The van der Waals surface area contributed by atoms with Gasteiger partial charge in [0.15, 0.2) is 12.4 Å². The molecule has 2 aromatic rings. The molecule has 1 heterocycles. The van der Waals surface area contributed by atoms with Crippen LogP contribution in [0, 0.1) is 0 Å². The van der Waals surface area contributed by atoms with Crippen molar-refractivity contribution in [1.82, 2.24) is 9.88 Å². The van der Waals surface area contributed by atoms with Gasteiger partial charge in [0.2, 0.25) is 0 Å². The van der Waals surface area contributed by atoms with E-state index in [2.05, 4.69) is 5.32 Å². The molecule has 1 atom stereocenters. The molecule has 0 aliphatic heterocycles. The van der Waals surface area contributed by atoms with E-state index in [0.29, 0.717) is 5.56 Å². The van der Waals surface area contributed by atoms with Crippen LogP contribution in [0.15, 0.2) is 42.6 Å². The van der Waals surface area contributed by atoms with Crippen LogP contribution in [0.1, 0.15) is 59.1 Å². The quantitative estimate of drug-likeness (QED) is 0.582. The van der Waals surface area contributed by atoms with Crippen molar-refractivity contribution >= 4 is 17.7 Å². The Morgan fingerprint density at radius 2 is 1.88 bits per heavy atom. The molecule has 1 N–H and O–H groups in total. The molecule has 0 fully saturated rings. The molecule has 0 aliphatic rings. The Morgan fingerprint density at radius 1 is 1.19 bits per heavy atom. The summed E-state index contributed by atoms with van der Waals surface area (Å²) in [6, 6.07) is 11.0. The Morgan fingerprint density at radius 3 is 2.46 bits per heavy atom. The second-order valence-electron chi connectivity index (χ2n) is 6.18. The maximum Gasteiger partial charge on any atom is 0.355 e. The van der Waals surface area contributed by atoms with Gasteiger partial charge in [0.1, 0.15) is 5.69 Å². The lowest BCUT2D eigenvalue weighted by Gasteiger charge is -2.18. The molecule has 0 saturated heterocycles. The Labute approximate surface area is 153 Å². The van der Waals surface area contributed by atoms with Crippen LogP contribution >= 0.6 is 0 Å². The lowest BCUT2D eigenvalue weighted by Crippen LogP contribution is -2.32. The fourth-order valence-corrected chi connectivity index (χ4v) is 2.70. The summed E-state index contributed by atoms with van der Waals surface area (Å²) < 4.78 is 6.61. The molecule has 6 nitrogen and oxygen atoms in total. The van der Waals surface area contributed by atoms with Crippen LogP contribution in [-0.2, 0) is 16.6 Å². The van der Waals surface area contributed by atoms with Gasteiger partial charge in [-0.25, -0.2) is 4.79 Å². The highest BCUT2D eigenvalue weighted by atomic mass is 16.5. The van der Waals surface area contributed by atoms with Crippen LogP contribution in [0.25, 0.3) is 0 Å². The van der Waals surface area contributed by atoms with Gasteiger partial charge in [0.05, 0.1) is 6.04 Å². The van der Waals surface area contributed by atoms with Crippen LogP contribution in [-0.4, -0.2) is 28.8 Å². The first-order chi connectivity index (χ1) is 12.4. The third-order valence-corrected chi connectivity index (χ3v) is 4.07. The smallest absolute Gasteiger partial charge is 0.355 e. The number of ether oxygens (including phenoxy) is 1. The van der Waals surface area contributed by atoms with E-state index in [1.807, 2.05) is 37.3 Å². The summed E-state index contributed by atoms with van der Waals surface area (Å²) in [7, 11) is 1.65. The highest BCUT2D eigenvalue weighted by Gasteiger charge is 2.18. The van der Waals surface area contributed by atoms with Gasteiger partial charge in [-0.2, -0.15) is 0 Å². The summed E-state index contributed by atoms with van der Waals surface area (Å²) in [6.07, 6.45) is 3.27. The molecule has 1 aromatic carbocycles. The van der Waals surface area contributed by atoms with Gasteiger partial charge in [0, 0.05) is 18.8 Å². The fourth-order valence-electron chi connectivity index (χ4n) is 2.70. The first-order valence-electron chi connectivity index (χ1n) is 8.61. The lowest BCUT2D eigenvalue weighted by atomic mass is 10.0. The molecule has 0 saturated carbocycles. The number of aryl methyl sites for hydroxylation is 1. The zero-order valence-corrected chi connectivity index (χ0v) is 15.3. The monoisotopic (exact) mass is 356 g/mol. The maximum atomic E-state index is 12.2. The number of esters is 1. The van der Waals surface area contributed by atoms with Crippen LogP contribution in [0.2, 0.25) is 0 Å². The zero-order valence-electron chi connectivity index (χ0n) is 15.3. The van der Waals surface area contributed by atoms with E-state index in [0.717, 1.165) is 18.4 Å². The number of nitrogens with one attached hydrogen (secondary N) is 1. The highest BCUT2D eigenvalue weighted by Crippen LogP contribution is 2.18. The largest absolute Gasteiger partial charge is 0.451 e. The summed E-state index contributed by atoms with van der Waals surface area (Å²) in [4.78, 5) is 35.7. The molecule has 0 aliphatic carbocycles. The summed E-state index contributed by atoms with van der Waals surface area (Å²) in [5, 5.41) is 2.90. The molecule has 0 unspecified atom stereocenters. The number of hydrogen-bond acceptors (Lipinski definition) is 4. The molecule has 26 heavy (non-hydrogen) atoms. The predicted octanol–water partition coefficient (Wildman–Crippen LogP) is 3.04. The molecule has 1 aromatic heterocycles. The van der Waals surface area contributed by atoms with E-state index in [-0.39, 0.29) is 30.0 Å². The summed E-state index contributed by atoms with van der Waals surface area (Å²) in [5.74, 6) is -1.13. The van der Waals surface area contributed by atoms with Crippen LogP contribution in [0.5, 0.6) is 0 Å². The molecular weight excluding hydrogens is 332 g/mol. The van der Waals surface area contributed by atoms with Gasteiger partial charge < -0.3 is 14.6 Å². The van der Waals surface area contributed by atoms with E-state index in [4.69, 9.17) is 4.74 Å². The standard InChI is InChI=1S/C20H24N2O4/c1-4-8-17(15-9-6-5-7-10-15)21-19(24)13-26-20(25)18-11-16(14(2)23)12-22(18)3/h5-7,9-12,17H,4,8,13H2,1-3H3,(H,21,24)/t17-/m1/s1. The predicted molar refractivity (Wildman–Crippen MR) is 97.9 cm³/mol. The Hall–Kier alpha value is -2.89. The first kappa shape index (κ1) is 19.4. The number of benzene rings is 1. The van der Waals surface area contributed by atoms with Gasteiger partial charge in [-0.3, -0.25) is 9.59 Å². The number of amides is 1. The van der Waals surface area contributed by atoms with Crippen molar-refractivity contribution < 1.29 is 19.1 Å². The van der Waals surface area contributed by atoms with Gasteiger partial charge in [-0.15, -0.1) is 0 Å². The van der Waals surface area contributed by atoms with Crippen molar-refractivity contribution in [3.63, 3.8) is 0 Å². The van der Waals surface area contributed by atoms with Crippen molar-refractivity contribution in [1.29, 1.82) is 0 Å². The average Bonchev–Trinajstić information content (AvgIpc) is 3.02. The number of aromatic nitrogens is 1. The van der Waals surface area contributed by atoms with Crippen LogP contribution in [0.4, 0.5) is 0 Å². The van der Waals surface area contributed by atoms with Crippen molar-refractivity contribution in [3.05, 3.63) is 59.4 Å². The molecule has 2 rings (SSSR count). The van der Waals surface area contributed by atoms with Gasteiger partial charge in [-0.05, 0) is 25.0 Å². The van der Waals surface area contributed by atoms with Crippen LogP contribution in [0.3, 0.4) is 0 Å². The van der Waals surface area contributed by atoms with E-state index in [1.54, 1.807) is 13.2 Å². The molecule has 1 amide bonds. The molecule has 0 bridgehead atoms. The minimum absolute atomic E-state index is 0.119. The van der Waals surface area contributed by atoms with E-state index in [9.17, 15) is 14.4 Å². The van der Waals surface area contributed by atoms with Crippen LogP contribution < -0.4 is 5.32 Å². The SMILES string of the molecule is CCC[C@@H](NC(=O)COC(=O)c1cc(C(C)=O)cn1C)c1ccccc1. The molecule has 0 spiro atoms. The summed E-state index contributed by atoms with van der Waals surface area (Å²) in [6.45, 7) is 3.10. The van der Waals surface area contributed by atoms with E-state index in [1.165, 1.54) is 17.6 Å².